The maximum Gasteiger partial charge on any atom is 0.326 e. The van der Waals surface area contributed by atoms with E-state index in [4.69, 9.17) is 16.6 Å². The van der Waals surface area contributed by atoms with Crippen LogP contribution in [-0.2, 0) is 16.0 Å². The van der Waals surface area contributed by atoms with Crippen LogP contribution in [0.25, 0.3) is 5.57 Å². The normalized spacial score (nSPS) is 15.6. The van der Waals surface area contributed by atoms with Crippen molar-refractivity contribution in [3.63, 3.8) is 0 Å². The Bertz CT molecular complexity index is 1100. The molecule has 0 radical (unpaired) electrons. The zero-order chi connectivity index (χ0) is 24.1. The number of amides is 1. The van der Waals surface area contributed by atoms with Crippen LogP contribution in [0.3, 0.4) is 0 Å². The highest BCUT2D eigenvalue weighted by Crippen LogP contribution is 2.36. The number of nitrogens with one attached hydrogen (secondary N) is 1. The summed E-state index contributed by atoms with van der Waals surface area (Å²) < 4.78 is 0. The number of nitrogens with two attached hydrogens (primary N) is 2. The molecule has 1 aliphatic carbocycles. The van der Waals surface area contributed by atoms with Gasteiger partial charge in [-0.05, 0) is 54.9 Å². The Labute approximate surface area is 190 Å². The lowest BCUT2D eigenvalue weighted by Crippen LogP contribution is -2.41. The van der Waals surface area contributed by atoms with Gasteiger partial charge in [0.1, 0.15) is 11.9 Å². The minimum absolute atomic E-state index is 0.164. The van der Waals surface area contributed by atoms with E-state index in [0.29, 0.717) is 11.4 Å². The number of allylic oxidation sites excluding steroid dienone is 2. The van der Waals surface area contributed by atoms with Gasteiger partial charge in [-0.2, -0.15) is 4.98 Å². The first-order valence-corrected chi connectivity index (χ1v) is 10.6. The Kier molecular flexibility index (Phi) is 7.27. The van der Waals surface area contributed by atoms with E-state index in [-0.39, 0.29) is 24.7 Å². The van der Waals surface area contributed by atoms with Gasteiger partial charge in [0, 0.05) is 17.5 Å². The minimum Gasteiger partial charge on any atom is -0.481 e. The fourth-order valence-corrected chi connectivity index (χ4v) is 3.84. The summed E-state index contributed by atoms with van der Waals surface area (Å²) in [6, 6.07) is 5.64. The van der Waals surface area contributed by atoms with E-state index in [9.17, 15) is 19.5 Å². The van der Waals surface area contributed by atoms with Gasteiger partial charge in [-0.25, -0.2) is 9.78 Å². The first-order valence-electron chi connectivity index (χ1n) is 10.6. The van der Waals surface area contributed by atoms with Gasteiger partial charge in [-0.1, -0.05) is 25.1 Å². The van der Waals surface area contributed by atoms with E-state index < -0.39 is 23.9 Å². The smallest absolute Gasteiger partial charge is 0.326 e. The molecule has 1 aromatic heterocycles. The number of aryl methyl sites for hydroxylation is 1. The Hall–Kier alpha value is -3.95. The molecule has 0 saturated heterocycles. The van der Waals surface area contributed by atoms with Crippen LogP contribution in [0.5, 0.6) is 0 Å². The van der Waals surface area contributed by atoms with Gasteiger partial charge in [0.05, 0.1) is 5.69 Å². The minimum atomic E-state index is -1.27. The van der Waals surface area contributed by atoms with Crippen molar-refractivity contribution >= 4 is 35.2 Å². The number of aliphatic carboxylic acids is 2. The number of fused-ring (bicyclic) bond motifs is 1. The maximum atomic E-state index is 12.4. The quantitative estimate of drug-likeness (QED) is 0.380. The van der Waals surface area contributed by atoms with Gasteiger partial charge < -0.3 is 27.0 Å². The molecule has 174 valence electrons. The molecule has 10 nitrogen and oxygen atoms in total. The van der Waals surface area contributed by atoms with Crippen molar-refractivity contribution in [2.75, 3.05) is 11.5 Å². The van der Waals surface area contributed by atoms with Crippen LogP contribution in [-0.4, -0.2) is 44.1 Å². The Morgan fingerprint density at radius 1 is 1.12 bits per heavy atom. The number of aromatic nitrogens is 2. The van der Waals surface area contributed by atoms with E-state index in [1.54, 1.807) is 12.1 Å². The van der Waals surface area contributed by atoms with Crippen molar-refractivity contribution in [2.45, 2.75) is 51.0 Å². The van der Waals surface area contributed by atoms with Crippen molar-refractivity contribution in [2.24, 2.45) is 0 Å². The third-order valence-electron chi connectivity index (χ3n) is 5.69. The molecule has 2 aromatic rings. The van der Waals surface area contributed by atoms with Crippen LogP contribution in [0.2, 0.25) is 0 Å². The number of nitrogen functional groups attached to an aromatic ring is 2. The maximum absolute atomic E-state index is 12.4. The highest BCUT2D eigenvalue weighted by molar-refractivity contribution is 5.96. The van der Waals surface area contributed by atoms with E-state index in [1.807, 2.05) is 12.1 Å². The molecule has 0 bridgehead atoms. The third kappa shape index (κ3) is 5.85. The first-order chi connectivity index (χ1) is 15.7. The van der Waals surface area contributed by atoms with Gasteiger partial charge in [0.2, 0.25) is 5.95 Å². The zero-order valence-corrected chi connectivity index (χ0v) is 18.2. The Balaban J connectivity index is 1.63. The summed E-state index contributed by atoms with van der Waals surface area (Å²) >= 11 is 0. The van der Waals surface area contributed by atoms with Crippen LogP contribution < -0.4 is 16.8 Å². The van der Waals surface area contributed by atoms with E-state index in [0.717, 1.165) is 41.7 Å². The number of nitrogens with zero attached hydrogens (tertiary/aromatic N) is 2. The third-order valence-corrected chi connectivity index (χ3v) is 5.69. The van der Waals surface area contributed by atoms with Gasteiger partial charge in [-0.3, -0.25) is 9.59 Å². The monoisotopic (exact) mass is 453 g/mol. The summed E-state index contributed by atoms with van der Waals surface area (Å²) in [4.78, 5) is 42.7. The second-order valence-electron chi connectivity index (χ2n) is 8.07. The number of rotatable bonds is 9. The molecule has 0 aliphatic heterocycles. The van der Waals surface area contributed by atoms with Crippen molar-refractivity contribution in [1.82, 2.24) is 15.3 Å². The molecule has 0 saturated carbocycles. The zero-order valence-electron chi connectivity index (χ0n) is 18.2. The number of carboxylic acids is 2. The number of anilines is 2. The number of benzene rings is 1. The molecule has 2 atom stereocenters. The Morgan fingerprint density at radius 3 is 2.45 bits per heavy atom. The van der Waals surface area contributed by atoms with Gasteiger partial charge in [0.15, 0.2) is 0 Å². The molecular formula is C23H27N5O5. The molecule has 7 N–H and O–H groups in total. The van der Waals surface area contributed by atoms with Crippen molar-refractivity contribution in [3.05, 3.63) is 52.7 Å². The van der Waals surface area contributed by atoms with Crippen molar-refractivity contribution in [3.8, 4) is 0 Å². The number of carbonyl (C=O) groups excluding carboxylic acids is 1. The van der Waals surface area contributed by atoms with Crippen LogP contribution in [0.15, 0.2) is 30.3 Å². The number of hydrogen-bond donors (Lipinski definition) is 5. The van der Waals surface area contributed by atoms with Gasteiger partial charge in [0.25, 0.3) is 5.91 Å². The van der Waals surface area contributed by atoms with E-state index >= 15 is 0 Å². The predicted molar refractivity (Wildman–Crippen MR) is 122 cm³/mol. The Morgan fingerprint density at radius 2 is 1.82 bits per heavy atom. The average Bonchev–Trinajstić information content (AvgIpc) is 3.17. The molecule has 33 heavy (non-hydrogen) atoms. The van der Waals surface area contributed by atoms with Crippen LogP contribution in [0.1, 0.15) is 65.7 Å². The molecule has 1 aromatic carbocycles. The lowest BCUT2D eigenvalue weighted by Gasteiger charge is -2.15. The number of carbonyl (C=O) groups is 3. The van der Waals surface area contributed by atoms with Crippen LogP contribution in [0, 0.1) is 0 Å². The molecule has 0 fully saturated rings. The molecule has 0 spiro atoms. The van der Waals surface area contributed by atoms with Crippen molar-refractivity contribution in [1.29, 1.82) is 0 Å². The summed E-state index contributed by atoms with van der Waals surface area (Å²) in [5, 5.41) is 20.3. The molecule has 1 aliphatic rings. The summed E-state index contributed by atoms with van der Waals surface area (Å²) in [6.45, 7) is 2.07. The average molecular weight is 453 g/mol. The molecule has 1 heterocycles. The molecular weight excluding hydrogens is 426 g/mol. The fourth-order valence-electron chi connectivity index (χ4n) is 3.84. The second-order valence-corrected chi connectivity index (χ2v) is 8.07. The van der Waals surface area contributed by atoms with Crippen LogP contribution >= 0.6 is 0 Å². The topological polar surface area (TPSA) is 182 Å². The van der Waals surface area contributed by atoms with Crippen molar-refractivity contribution < 1.29 is 24.6 Å². The summed E-state index contributed by atoms with van der Waals surface area (Å²) in [7, 11) is 0. The highest BCUT2D eigenvalue weighted by atomic mass is 16.4. The largest absolute Gasteiger partial charge is 0.481 e. The molecule has 3 rings (SSSR count). The lowest BCUT2D eigenvalue weighted by atomic mass is 9.94. The summed E-state index contributed by atoms with van der Waals surface area (Å²) in [6.07, 6.45) is 3.95. The van der Waals surface area contributed by atoms with Crippen LogP contribution in [0.4, 0.5) is 11.8 Å². The summed E-state index contributed by atoms with van der Waals surface area (Å²) in [5.41, 5.74) is 15.9. The van der Waals surface area contributed by atoms with E-state index in [1.165, 1.54) is 0 Å². The fraction of sp³-hybridized carbons (Fsp3) is 0.348. The first kappa shape index (κ1) is 23.7. The molecule has 1 unspecified atom stereocenters. The predicted octanol–water partition coefficient (Wildman–Crippen LogP) is 2.21. The van der Waals surface area contributed by atoms with Gasteiger partial charge >= 0.3 is 11.9 Å². The number of carboxylic acid groups (broad SMARTS) is 2. The number of hydrogen-bond acceptors (Lipinski definition) is 7. The lowest BCUT2D eigenvalue weighted by molar-refractivity contribution is -0.140. The SMILES string of the molecule is CC(CC=C1CCc2nc(N)nc(N)c21)c1ccc(C(=O)N[C@@H](CCC(=O)O)C(=O)O)cc1. The van der Waals surface area contributed by atoms with E-state index in [2.05, 4.69) is 28.3 Å². The van der Waals surface area contributed by atoms with Gasteiger partial charge in [-0.15, -0.1) is 0 Å². The molecule has 1 amide bonds. The second kappa shape index (κ2) is 10.1. The molecule has 10 heteroatoms. The summed E-state index contributed by atoms with van der Waals surface area (Å²) in [5.74, 6) is -2.22. The standard InChI is InChI=1S/C23H27N5O5/c1-12(2-3-14-8-9-16-19(14)20(24)28-23(25)27-16)13-4-6-15(7-5-13)21(31)26-17(22(32)33)10-11-18(29)30/h3-7,12,17H,2,8-11H2,1H3,(H,26,31)(H,29,30)(H,32,33)(H4,24,25,27,28)/t12?,17-/m0/s1. The highest BCUT2D eigenvalue weighted by Gasteiger charge is 2.23.